The Kier molecular flexibility index (Phi) is 6.87. The van der Waals surface area contributed by atoms with Crippen LogP contribution in [-0.4, -0.2) is 25.6 Å². The van der Waals surface area contributed by atoms with Crippen LogP contribution in [0.25, 0.3) is 0 Å². The van der Waals surface area contributed by atoms with Gasteiger partial charge in [-0.25, -0.2) is 0 Å². The van der Waals surface area contributed by atoms with E-state index in [0.717, 1.165) is 24.8 Å². The molecule has 0 aliphatic heterocycles. The lowest BCUT2D eigenvalue weighted by Gasteiger charge is -2.27. The van der Waals surface area contributed by atoms with Gasteiger partial charge in [0.15, 0.2) is 0 Å². The van der Waals surface area contributed by atoms with Crippen molar-refractivity contribution in [3.63, 3.8) is 0 Å². The van der Waals surface area contributed by atoms with Crippen LogP contribution in [0.5, 0.6) is 0 Å². The molecule has 0 radical (unpaired) electrons. The minimum absolute atomic E-state index is 0.130. The summed E-state index contributed by atoms with van der Waals surface area (Å²) in [5, 5.41) is 3.08. The number of ether oxygens (including phenoxy) is 1. The van der Waals surface area contributed by atoms with Crippen LogP contribution in [0.1, 0.15) is 44.3 Å². The number of nitrogens with one attached hydrogen (secondary N) is 1. The summed E-state index contributed by atoms with van der Waals surface area (Å²) in [5.74, 6) is 0.987. The highest BCUT2D eigenvalue weighted by atomic mass is 16.5. The molecule has 1 aliphatic carbocycles. The highest BCUT2D eigenvalue weighted by Gasteiger charge is 2.25. The van der Waals surface area contributed by atoms with Gasteiger partial charge in [0.1, 0.15) is 0 Å². The van der Waals surface area contributed by atoms with E-state index in [4.69, 9.17) is 10.5 Å². The Bertz CT molecular complexity index is 450. The fourth-order valence-electron chi connectivity index (χ4n) is 3.16. The van der Waals surface area contributed by atoms with E-state index in [1.165, 1.54) is 6.42 Å². The van der Waals surface area contributed by atoms with Crippen LogP contribution in [0.4, 0.5) is 0 Å². The molecule has 0 spiro atoms. The van der Waals surface area contributed by atoms with Gasteiger partial charge in [0.05, 0.1) is 12.7 Å². The van der Waals surface area contributed by atoms with Gasteiger partial charge < -0.3 is 15.8 Å². The molecule has 22 heavy (non-hydrogen) atoms. The molecule has 1 amide bonds. The van der Waals surface area contributed by atoms with Gasteiger partial charge in [-0.15, -0.1) is 0 Å². The molecule has 1 aromatic rings. The summed E-state index contributed by atoms with van der Waals surface area (Å²) < 4.78 is 5.80. The molecule has 3 unspecified atom stereocenters. The number of benzene rings is 1. The summed E-state index contributed by atoms with van der Waals surface area (Å²) in [6.07, 6.45) is 4.29. The largest absolute Gasteiger partial charge is 0.370 e. The SMILES string of the molecule is CC1CCCC(C(=O)NCC(OCCN)c2ccccc2)C1. The van der Waals surface area contributed by atoms with Gasteiger partial charge in [-0.2, -0.15) is 0 Å². The van der Waals surface area contributed by atoms with E-state index in [-0.39, 0.29) is 17.9 Å². The van der Waals surface area contributed by atoms with Crippen molar-refractivity contribution in [2.75, 3.05) is 19.7 Å². The minimum Gasteiger partial charge on any atom is -0.370 e. The number of carbonyl (C=O) groups is 1. The second kappa shape index (κ2) is 8.91. The van der Waals surface area contributed by atoms with E-state index >= 15 is 0 Å². The first-order valence-electron chi connectivity index (χ1n) is 8.35. The van der Waals surface area contributed by atoms with Crippen LogP contribution in [0, 0.1) is 11.8 Å². The van der Waals surface area contributed by atoms with Crippen molar-refractivity contribution < 1.29 is 9.53 Å². The summed E-state index contributed by atoms with van der Waals surface area (Å²) in [5.41, 5.74) is 6.61. The number of rotatable bonds is 7. The van der Waals surface area contributed by atoms with Crippen molar-refractivity contribution in [2.24, 2.45) is 17.6 Å². The maximum absolute atomic E-state index is 12.4. The quantitative estimate of drug-likeness (QED) is 0.814. The van der Waals surface area contributed by atoms with E-state index < -0.39 is 0 Å². The van der Waals surface area contributed by atoms with Gasteiger partial charge in [-0.3, -0.25) is 4.79 Å². The number of carbonyl (C=O) groups excluding carboxylic acids is 1. The van der Waals surface area contributed by atoms with E-state index in [9.17, 15) is 4.79 Å². The zero-order chi connectivity index (χ0) is 15.8. The Labute approximate surface area is 133 Å². The van der Waals surface area contributed by atoms with Crippen LogP contribution in [0.3, 0.4) is 0 Å². The third kappa shape index (κ3) is 5.11. The predicted octanol–water partition coefficient (Wildman–Crippen LogP) is 2.65. The molecular formula is C18H28N2O2. The number of hydrogen-bond acceptors (Lipinski definition) is 3. The molecule has 3 N–H and O–H groups in total. The lowest BCUT2D eigenvalue weighted by atomic mass is 9.82. The molecule has 0 saturated heterocycles. The van der Waals surface area contributed by atoms with E-state index in [0.29, 0.717) is 25.6 Å². The monoisotopic (exact) mass is 304 g/mol. The summed E-state index contributed by atoms with van der Waals surface area (Å²) in [6.45, 7) is 3.72. The fourth-order valence-corrected chi connectivity index (χ4v) is 3.16. The Balaban J connectivity index is 1.88. The normalized spacial score (nSPS) is 23.0. The summed E-state index contributed by atoms with van der Waals surface area (Å²) in [7, 11) is 0. The van der Waals surface area contributed by atoms with Gasteiger partial charge in [0.2, 0.25) is 5.91 Å². The van der Waals surface area contributed by atoms with E-state index in [1.54, 1.807) is 0 Å². The highest BCUT2D eigenvalue weighted by Crippen LogP contribution is 2.28. The highest BCUT2D eigenvalue weighted by molar-refractivity contribution is 5.78. The average Bonchev–Trinajstić information content (AvgIpc) is 2.55. The second-order valence-electron chi connectivity index (χ2n) is 6.27. The number of nitrogens with two attached hydrogens (primary N) is 1. The van der Waals surface area contributed by atoms with Crippen LogP contribution in [-0.2, 0) is 9.53 Å². The Morgan fingerprint density at radius 3 is 2.82 bits per heavy atom. The molecule has 2 rings (SSSR count). The van der Waals surface area contributed by atoms with E-state index in [1.807, 2.05) is 30.3 Å². The zero-order valence-electron chi connectivity index (χ0n) is 13.5. The molecular weight excluding hydrogens is 276 g/mol. The van der Waals surface area contributed by atoms with Gasteiger partial charge in [0, 0.05) is 19.0 Å². The predicted molar refractivity (Wildman–Crippen MR) is 88.3 cm³/mol. The molecule has 4 heteroatoms. The lowest BCUT2D eigenvalue weighted by Crippen LogP contribution is -2.36. The Hall–Kier alpha value is -1.39. The molecule has 0 aromatic heterocycles. The molecule has 1 saturated carbocycles. The fraction of sp³-hybridized carbons (Fsp3) is 0.611. The zero-order valence-corrected chi connectivity index (χ0v) is 13.5. The molecule has 4 nitrogen and oxygen atoms in total. The standard InChI is InChI=1S/C18H28N2O2/c1-14-6-5-9-16(12-14)18(21)20-13-17(22-11-10-19)15-7-3-2-4-8-15/h2-4,7-8,14,16-17H,5-6,9-13,19H2,1H3,(H,20,21). The molecule has 0 heterocycles. The van der Waals surface area contributed by atoms with Crippen molar-refractivity contribution in [2.45, 2.75) is 38.7 Å². The van der Waals surface area contributed by atoms with Gasteiger partial charge in [0.25, 0.3) is 0 Å². The Morgan fingerprint density at radius 2 is 2.14 bits per heavy atom. The van der Waals surface area contributed by atoms with Crippen LogP contribution < -0.4 is 11.1 Å². The third-order valence-corrected chi connectivity index (χ3v) is 4.38. The van der Waals surface area contributed by atoms with Crippen molar-refractivity contribution in [1.29, 1.82) is 0 Å². The van der Waals surface area contributed by atoms with Gasteiger partial charge >= 0.3 is 0 Å². The van der Waals surface area contributed by atoms with Gasteiger partial charge in [-0.05, 0) is 24.3 Å². The van der Waals surface area contributed by atoms with E-state index in [2.05, 4.69) is 12.2 Å². The Morgan fingerprint density at radius 1 is 1.36 bits per heavy atom. The topological polar surface area (TPSA) is 64.3 Å². The summed E-state index contributed by atoms with van der Waals surface area (Å²) in [6, 6.07) is 10.00. The first kappa shape index (κ1) is 17.0. The van der Waals surface area contributed by atoms with Crippen LogP contribution in [0.2, 0.25) is 0 Å². The number of amides is 1. The maximum Gasteiger partial charge on any atom is 0.223 e. The average molecular weight is 304 g/mol. The molecule has 0 bridgehead atoms. The van der Waals surface area contributed by atoms with Crippen molar-refractivity contribution >= 4 is 5.91 Å². The first-order valence-corrected chi connectivity index (χ1v) is 8.35. The molecule has 1 fully saturated rings. The van der Waals surface area contributed by atoms with Crippen molar-refractivity contribution in [3.05, 3.63) is 35.9 Å². The van der Waals surface area contributed by atoms with Crippen LogP contribution in [0.15, 0.2) is 30.3 Å². The lowest BCUT2D eigenvalue weighted by molar-refractivity contribution is -0.127. The second-order valence-corrected chi connectivity index (χ2v) is 6.27. The molecule has 3 atom stereocenters. The molecule has 1 aliphatic rings. The summed E-state index contributed by atoms with van der Waals surface area (Å²) >= 11 is 0. The maximum atomic E-state index is 12.4. The van der Waals surface area contributed by atoms with Gasteiger partial charge in [-0.1, -0.05) is 50.1 Å². The summed E-state index contributed by atoms with van der Waals surface area (Å²) in [4.78, 5) is 12.4. The minimum atomic E-state index is -0.130. The molecule has 1 aromatic carbocycles. The smallest absolute Gasteiger partial charge is 0.223 e. The third-order valence-electron chi connectivity index (χ3n) is 4.38. The van der Waals surface area contributed by atoms with Crippen molar-refractivity contribution in [3.8, 4) is 0 Å². The van der Waals surface area contributed by atoms with Crippen LogP contribution >= 0.6 is 0 Å². The van der Waals surface area contributed by atoms with Crippen molar-refractivity contribution in [1.82, 2.24) is 5.32 Å². The number of hydrogen-bond donors (Lipinski definition) is 2. The first-order chi connectivity index (χ1) is 10.7. The molecule has 122 valence electrons.